The first-order valence-corrected chi connectivity index (χ1v) is 10.3. The third-order valence-electron chi connectivity index (χ3n) is 5.72. The molecule has 2 aromatic carbocycles. The van der Waals surface area contributed by atoms with Crippen LogP contribution in [-0.2, 0) is 5.67 Å². The van der Waals surface area contributed by atoms with Gasteiger partial charge >= 0.3 is 0 Å². The van der Waals surface area contributed by atoms with Crippen molar-refractivity contribution in [3.05, 3.63) is 83.7 Å². The number of piperidine rings is 1. The van der Waals surface area contributed by atoms with E-state index in [4.69, 9.17) is 5.26 Å². The Kier molecular flexibility index (Phi) is 6.10. The summed E-state index contributed by atoms with van der Waals surface area (Å²) >= 11 is 0. The zero-order chi connectivity index (χ0) is 21.7. The van der Waals surface area contributed by atoms with E-state index in [9.17, 15) is 5.11 Å². The fourth-order valence-electron chi connectivity index (χ4n) is 3.83. The Morgan fingerprint density at radius 1 is 1.10 bits per heavy atom. The molecule has 0 amide bonds. The van der Waals surface area contributed by atoms with Gasteiger partial charge in [-0.2, -0.15) is 5.26 Å². The summed E-state index contributed by atoms with van der Waals surface area (Å²) in [6, 6.07) is 20.1. The molecule has 0 saturated carbocycles. The van der Waals surface area contributed by atoms with Crippen LogP contribution >= 0.6 is 0 Å². The second kappa shape index (κ2) is 9.11. The van der Waals surface area contributed by atoms with E-state index < -0.39 is 11.8 Å². The van der Waals surface area contributed by atoms with Crippen LogP contribution in [0.15, 0.2) is 67.0 Å². The number of aliphatic hydroxyl groups is 1. The summed E-state index contributed by atoms with van der Waals surface area (Å²) in [5.41, 5.74) is 0.579. The predicted octanol–water partition coefficient (Wildman–Crippen LogP) is 3.96. The van der Waals surface area contributed by atoms with Gasteiger partial charge in [0.05, 0.1) is 17.7 Å². The molecular weight excluding hydrogens is 393 g/mol. The summed E-state index contributed by atoms with van der Waals surface area (Å²) in [6.07, 6.45) is 1.52. The number of alkyl halides is 1. The first kappa shape index (κ1) is 20.8. The van der Waals surface area contributed by atoms with Crippen molar-refractivity contribution in [2.24, 2.45) is 0 Å². The van der Waals surface area contributed by atoms with Crippen LogP contribution in [-0.4, -0.2) is 34.7 Å². The van der Waals surface area contributed by atoms with Gasteiger partial charge in [-0.05, 0) is 23.3 Å². The van der Waals surface area contributed by atoms with Crippen LogP contribution in [0.2, 0.25) is 0 Å². The molecule has 1 atom stereocenters. The van der Waals surface area contributed by atoms with Gasteiger partial charge in [0.25, 0.3) is 0 Å². The first-order chi connectivity index (χ1) is 15.1. The number of rotatable bonds is 6. The number of nitrogens with zero attached hydrogens (tertiary/aromatic N) is 4. The van der Waals surface area contributed by atoms with E-state index in [1.165, 1.54) is 6.33 Å². The molecule has 1 saturated heterocycles. The lowest BCUT2D eigenvalue weighted by atomic mass is 9.86. The molecule has 7 heteroatoms. The lowest BCUT2D eigenvalue weighted by Gasteiger charge is -2.37. The van der Waals surface area contributed by atoms with Crippen molar-refractivity contribution in [3.63, 3.8) is 0 Å². The fourth-order valence-corrected chi connectivity index (χ4v) is 3.83. The minimum absolute atomic E-state index is 0.326. The van der Waals surface area contributed by atoms with Crippen LogP contribution in [0.25, 0.3) is 0 Å². The highest BCUT2D eigenvalue weighted by atomic mass is 19.1. The predicted molar refractivity (Wildman–Crippen MR) is 117 cm³/mol. The summed E-state index contributed by atoms with van der Waals surface area (Å²) in [5.74, 6) is 1.35. The molecule has 1 fully saturated rings. The molecule has 1 aliphatic rings. The Balaban J connectivity index is 1.37. The maximum absolute atomic E-state index is 15.5. The third-order valence-corrected chi connectivity index (χ3v) is 5.72. The molecule has 0 bridgehead atoms. The Hall–Kier alpha value is -3.50. The van der Waals surface area contributed by atoms with E-state index in [1.807, 2.05) is 41.3 Å². The van der Waals surface area contributed by atoms with Crippen molar-refractivity contribution in [2.45, 2.75) is 24.6 Å². The van der Waals surface area contributed by atoms with Crippen molar-refractivity contribution in [2.75, 3.05) is 29.9 Å². The number of hydrogen-bond donors (Lipinski definition) is 2. The average molecular weight is 417 g/mol. The quantitative estimate of drug-likeness (QED) is 0.632. The highest BCUT2D eigenvalue weighted by molar-refractivity contribution is 5.49. The second-order valence-corrected chi connectivity index (χ2v) is 7.71. The number of benzene rings is 2. The zero-order valence-corrected chi connectivity index (χ0v) is 17.1. The molecule has 0 aliphatic carbocycles. The molecule has 1 aliphatic heterocycles. The van der Waals surface area contributed by atoms with Crippen molar-refractivity contribution < 1.29 is 9.50 Å². The van der Waals surface area contributed by atoms with Gasteiger partial charge in [0.1, 0.15) is 23.6 Å². The monoisotopic (exact) mass is 417 g/mol. The van der Waals surface area contributed by atoms with E-state index >= 15 is 4.39 Å². The van der Waals surface area contributed by atoms with Gasteiger partial charge in [-0.3, -0.25) is 0 Å². The van der Waals surface area contributed by atoms with Gasteiger partial charge in [-0.25, -0.2) is 14.4 Å². The fraction of sp³-hybridized carbons (Fsp3) is 0.292. The Labute approximate surface area is 181 Å². The van der Waals surface area contributed by atoms with Crippen LogP contribution in [0.4, 0.5) is 16.0 Å². The molecule has 158 valence electrons. The number of aliphatic hydroxyl groups excluding tert-OH is 1. The van der Waals surface area contributed by atoms with Crippen molar-refractivity contribution >= 4 is 11.6 Å². The third kappa shape index (κ3) is 4.81. The number of halogens is 1. The lowest BCUT2D eigenvalue weighted by molar-refractivity contribution is 0.124. The van der Waals surface area contributed by atoms with E-state index in [0.29, 0.717) is 49.4 Å². The minimum Gasteiger partial charge on any atom is -0.387 e. The van der Waals surface area contributed by atoms with E-state index in [1.54, 1.807) is 24.3 Å². The smallest absolute Gasteiger partial charge is 0.139 e. The average Bonchev–Trinajstić information content (AvgIpc) is 2.84. The molecule has 1 aromatic heterocycles. The van der Waals surface area contributed by atoms with E-state index in [-0.39, 0.29) is 0 Å². The first-order valence-electron chi connectivity index (χ1n) is 10.3. The van der Waals surface area contributed by atoms with E-state index in [0.717, 1.165) is 11.4 Å². The molecule has 6 nitrogen and oxygen atoms in total. The summed E-state index contributed by atoms with van der Waals surface area (Å²) in [7, 11) is 0. The van der Waals surface area contributed by atoms with Gasteiger partial charge in [-0.1, -0.05) is 42.5 Å². The molecule has 0 spiro atoms. The van der Waals surface area contributed by atoms with Crippen LogP contribution in [0.1, 0.15) is 35.6 Å². The van der Waals surface area contributed by atoms with Gasteiger partial charge in [0.2, 0.25) is 0 Å². The van der Waals surface area contributed by atoms with Crippen LogP contribution < -0.4 is 10.2 Å². The van der Waals surface area contributed by atoms with Gasteiger partial charge < -0.3 is 15.3 Å². The van der Waals surface area contributed by atoms with Crippen molar-refractivity contribution in [1.29, 1.82) is 5.26 Å². The van der Waals surface area contributed by atoms with Crippen LogP contribution in [0.5, 0.6) is 0 Å². The van der Waals surface area contributed by atoms with Crippen LogP contribution in [0.3, 0.4) is 0 Å². The normalized spacial score (nSPS) is 16.4. The van der Waals surface area contributed by atoms with Crippen LogP contribution in [0, 0.1) is 11.3 Å². The second-order valence-electron chi connectivity index (χ2n) is 7.71. The summed E-state index contributed by atoms with van der Waals surface area (Å²) in [6.45, 7) is 1.38. The lowest BCUT2D eigenvalue weighted by Crippen LogP contribution is -2.40. The summed E-state index contributed by atoms with van der Waals surface area (Å²) in [5, 5.41) is 22.4. The number of nitriles is 1. The number of nitrogens with one attached hydrogen (secondary N) is 1. The van der Waals surface area contributed by atoms with Crippen molar-refractivity contribution in [3.8, 4) is 6.07 Å². The Morgan fingerprint density at radius 2 is 1.81 bits per heavy atom. The Morgan fingerprint density at radius 3 is 2.48 bits per heavy atom. The Bertz CT molecular complexity index is 1040. The molecule has 2 N–H and O–H groups in total. The SMILES string of the molecule is N#Cc1ccc(C2(F)CCN(c3cc(NCC(O)c4ccccc4)ncn3)CC2)cc1. The highest BCUT2D eigenvalue weighted by Gasteiger charge is 2.36. The maximum atomic E-state index is 15.5. The molecule has 31 heavy (non-hydrogen) atoms. The molecule has 1 unspecified atom stereocenters. The standard InChI is InChI=1S/C24H24FN5O/c25-24(20-8-6-18(15-26)7-9-20)10-12-30(13-11-24)23-14-22(28-17-29-23)27-16-21(31)19-4-2-1-3-5-19/h1-9,14,17,21,31H,10-13,16H2,(H,27,28,29). The number of hydrogen-bond acceptors (Lipinski definition) is 6. The van der Waals surface area contributed by atoms with Gasteiger partial charge in [0, 0.05) is 38.5 Å². The molecule has 3 aromatic rings. The molecule has 0 radical (unpaired) electrons. The topological polar surface area (TPSA) is 85.1 Å². The molecule has 4 rings (SSSR count). The number of anilines is 2. The number of aromatic nitrogens is 2. The van der Waals surface area contributed by atoms with Gasteiger partial charge in [-0.15, -0.1) is 0 Å². The minimum atomic E-state index is -1.40. The highest BCUT2D eigenvalue weighted by Crippen LogP contribution is 2.38. The largest absolute Gasteiger partial charge is 0.387 e. The van der Waals surface area contributed by atoms with Crippen molar-refractivity contribution in [1.82, 2.24) is 9.97 Å². The summed E-state index contributed by atoms with van der Waals surface area (Å²) in [4.78, 5) is 10.6. The van der Waals surface area contributed by atoms with E-state index in [2.05, 4.69) is 21.4 Å². The maximum Gasteiger partial charge on any atom is 0.139 e. The molecule has 2 heterocycles. The molecular formula is C24H24FN5O. The summed E-state index contributed by atoms with van der Waals surface area (Å²) < 4.78 is 15.5. The van der Waals surface area contributed by atoms with Gasteiger partial charge in [0.15, 0.2) is 0 Å². The zero-order valence-electron chi connectivity index (χ0n) is 17.1.